The Labute approximate surface area is 117 Å². The first-order chi connectivity index (χ1) is 9.67. The van der Waals surface area contributed by atoms with Crippen LogP contribution in [0.4, 0.5) is 5.69 Å². The Morgan fingerprint density at radius 3 is 3.05 bits per heavy atom. The Hall–Kier alpha value is -2.36. The van der Waals surface area contributed by atoms with Crippen molar-refractivity contribution in [3.8, 4) is 0 Å². The predicted molar refractivity (Wildman–Crippen MR) is 81.3 cm³/mol. The van der Waals surface area contributed by atoms with Crippen LogP contribution in [0.25, 0.3) is 17.1 Å². The lowest BCUT2D eigenvalue weighted by Gasteiger charge is -2.02. The molecule has 0 bridgehead atoms. The maximum Gasteiger partial charge on any atom is 0.247 e. The number of hydrogen-bond acceptors (Lipinski definition) is 2. The maximum atomic E-state index is 11.4. The SMILES string of the molecule is C=CC(=O)Nc1cnc2c(c1)c(/C=C/C1CC1)cn2C. The lowest BCUT2D eigenvalue weighted by Crippen LogP contribution is -2.07. The quantitative estimate of drug-likeness (QED) is 0.865. The summed E-state index contributed by atoms with van der Waals surface area (Å²) in [5.74, 6) is 0.513. The molecule has 1 saturated carbocycles. The van der Waals surface area contributed by atoms with E-state index in [1.807, 2.05) is 17.7 Å². The number of aromatic nitrogens is 2. The minimum absolute atomic E-state index is 0.225. The smallest absolute Gasteiger partial charge is 0.247 e. The molecule has 2 aromatic rings. The molecule has 1 fully saturated rings. The number of rotatable bonds is 4. The third kappa shape index (κ3) is 2.50. The van der Waals surface area contributed by atoms with E-state index in [-0.39, 0.29) is 5.91 Å². The Balaban J connectivity index is 1.99. The Bertz CT molecular complexity index is 708. The van der Waals surface area contributed by atoms with E-state index in [0.29, 0.717) is 5.69 Å². The van der Waals surface area contributed by atoms with Gasteiger partial charge in [0.15, 0.2) is 0 Å². The van der Waals surface area contributed by atoms with E-state index >= 15 is 0 Å². The van der Waals surface area contributed by atoms with Crippen molar-refractivity contribution in [2.24, 2.45) is 13.0 Å². The molecule has 0 unspecified atom stereocenters. The summed E-state index contributed by atoms with van der Waals surface area (Å²) in [4.78, 5) is 15.8. The standard InChI is InChI=1S/C16H17N3O/c1-3-15(20)18-13-8-14-12(7-6-11-4-5-11)10-19(2)16(14)17-9-13/h3,6-11H,1,4-5H2,2H3,(H,18,20)/b7-6+. The minimum atomic E-state index is -0.225. The average Bonchev–Trinajstić information content (AvgIpc) is 3.22. The Morgan fingerprint density at radius 1 is 1.55 bits per heavy atom. The van der Waals surface area contributed by atoms with Crippen molar-refractivity contribution in [1.82, 2.24) is 9.55 Å². The molecular weight excluding hydrogens is 250 g/mol. The fourth-order valence-electron chi connectivity index (χ4n) is 2.21. The average molecular weight is 267 g/mol. The zero-order valence-electron chi connectivity index (χ0n) is 11.5. The molecule has 1 aliphatic carbocycles. The maximum absolute atomic E-state index is 11.4. The summed E-state index contributed by atoms with van der Waals surface area (Å²) in [6.07, 6.45) is 12.0. The number of aryl methyl sites for hydroxylation is 1. The Morgan fingerprint density at radius 2 is 2.35 bits per heavy atom. The molecule has 1 amide bonds. The van der Waals surface area contributed by atoms with Crippen molar-refractivity contribution in [3.63, 3.8) is 0 Å². The van der Waals surface area contributed by atoms with Gasteiger partial charge in [0, 0.05) is 24.2 Å². The molecule has 0 saturated heterocycles. The number of carbonyl (C=O) groups excluding carboxylic acids is 1. The van der Waals surface area contributed by atoms with Crippen LogP contribution in [0.5, 0.6) is 0 Å². The molecule has 0 atom stereocenters. The monoisotopic (exact) mass is 267 g/mol. The first kappa shape index (κ1) is 12.7. The lowest BCUT2D eigenvalue weighted by molar-refractivity contribution is -0.111. The van der Waals surface area contributed by atoms with Crippen molar-refractivity contribution in [2.45, 2.75) is 12.8 Å². The first-order valence-corrected chi connectivity index (χ1v) is 6.74. The van der Waals surface area contributed by atoms with Gasteiger partial charge in [0.05, 0.1) is 11.9 Å². The van der Waals surface area contributed by atoms with Crippen molar-refractivity contribution in [2.75, 3.05) is 5.32 Å². The normalized spacial score (nSPS) is 14.8. The highest BCUT2D eigenvalue weighted by atomic mass is 16.1. The van der Waals surface area contributed by atoms with Crippen LogP contribution in [-0.2, 0) is 11.8 Å². The second kappa shape index (κ2) is 4.96. The van der Waals surface area contributed by atoms with E-state index in [4.69, 9.17) is 0 Å². The van der Waals surface area contributed by atoms with Crippen LogP contribution in [0.2, 0.25) is 0 Å². The number of anilines is 1. The van der Waals surface area contributed by atoms with Gasteiger partial charge in [-0.25, -0.2) is 4.98 Å². The van der Waals surface area contributed by atoms with E-state index in [1.54, 1.807) is 6.20 Å². The molecule has 20 heavy (non-hydrogen) atoms. The van der Waals surface area contributed by atoms with Gasteiger partial charge in [0.2, 0.25) is 5.91 Å². The number of amides is 1. The van der Waals surface area contributed by atoms with Crippen LogP contribution in [0.3, 0.4) is 0 Å². The number of pyridine rings is 1. The second-order valence-corrected chi connectivity index (χ2v) is 5.18. The van der Waals surface area contributed by atoms with Gasteiger partial charge in [-0.1, -0.05) is 18.7 Å². The molecular formula is C16H17N3O. The molecule has 0 radical (unpaired) electrons. The van der Waals surface area contributed by atoms with Gasteiger partial charge in [-0.3, -0.25) is 4.79 Å². The van der Waals surface area contributed by atoms with Gasteiger partial charge >= 0.3 is 0 Å². The van der Waals surface area contributed by atoms with Gasteiger partial charge in [0.25, 0.3) is 0 Å². The van der Waals surface area contributed by atoms with E-state index in [9.17, 15) is 4.79 Å². The summed E-state index contributed by atoms with van der Waals surface area (Å²) in [5, 5.41) is 3.79. The third-order valence-corrected chi connectivity index (χ3v) is 3.47. The summed E-state index contributed by atoms with van der Waals surface area (Å²) in [5.41, 5.74) is 2.74. The number of nitrogens with zero attached hydrogens (tertiary/aromatic N) is 2. The molecule has 0 spiro atoms. The number of fused-ring (bicyclic) bond motifs is 1. The predicted octanol–water partition coefficient (Wildman–Crippen LogP) is 3.12. The molecule has 1 aliphatic rings. The summed E-state index contributed by atoms with van der Waals surface area (Å²) in [6.45, 7) is 3.45. The molecule has 2 aromatic heterocycles. The van der Waals surface area contributed by atoms with E-state index in [0.717, 1.165) is 22.5 Å². The molecule has 102 valence electrons. The summed E-state index contributed by atoms with van der Waals surface area (Å²) in [7, 11) is 1.98. The number of allylic oxidation sites excluding steroid dienone is 1. The second-order valence-electron chi connectivity index (χ2n) is 5.18. The van der Waals surface area contributed by atoms with Crippen molar-refractivity contribution in [3.05, 3.63) is 42.8 Å². The molecule has 0 aliphatic heterocycles. The van der Waals surface area contributed by atoms with Crippen LogP contribution < -0.4 is 5.32 Å². The summed E-state index contributed by atoms with van der Waals surface area (Å²) < 4.78 is 2.00. The highest BCUT2D eigenvalue weighted by Crippen LogP contribution is 2.32. The van der Waals surface area contributed by atoms with E-state index in [2.05, 4.69) is 35.2 Å². The minimum Gasteiger partial charge on any atom is -0.335 e. The lowest BCUT2D eigenvalue weighted by atomic mass is 10.2. The molecule has 1 N–H and O–H groups in total. The van der Waals surface area contributed by atoms with Crippen LogP contribution >= 0.6 is 0 Å². The van der Waals surface area contributed by atoms with E-state index < -0.39 is 0 Å². The number of nitrogens with one attached hydrogen (secondary N) is 1. The molecule has 0 aromatic carbocycles. The third-order valence-electron chi connectivity index (χ3n) is 3.47. The fraction of sp³-hybridized carbons (Fsp3) is 0.250. The summed E-state index contributed by atoms with van der Waals surface area (Å²) in [6, 6.07) is 1.95. The Kier molecular flexibility index (Phi) is 3.14. The number of hydrogen-bond donors (Lipinski definition) is 1. The van der Waals surface area contributed by atoms with Crippen LogP contribution in [0, 0.1) is 5.92 Å². The van der Waals surface area contributed by atoms with Gasteiger partial charge in [-0.2, -0.15) is 0 Å². The fourth-order valence-corrected chi connectivity index (χ4v) is 2.21. The molecule has 4 heteroatoms. The molecule has 3 rings (SSSR count). The topological polar surface area (TPSA) is 46.9 Å². The van der Waals surface area contributed by atoms with Crippen LogP contribution in [0.1, 0.15) is 18.4 Å². The van der Waals surface area contributed by atoms with Crippen LogP contribution in [0.15, 0.2) is 37.2 Å². The van der Waals surface area contributed by atoms with Crippen molar-refractivity contribution < 1.29 is 4.79 Å². The van der Waals surface area contributed by atoms with Crippen molar-refractivity contribution >= 4 is 28.7 Å². The van der Waals surface area contributed by atoms with Gasteiger partial charge in [-0.15, -0.1) is 0 Å². The van der Waals surface area contributed by atoms with Gasteiger partial charge in [0.1, 0.15) is 5.65 Å². The highest BCUT2D eigenvalue weighted by molar-refractivity contribution is 6.00. The van der Waals surface area contributed by atoms with Crippen LogP contribution in [-0.4, -0.2) is 15.5 Å². The highest BCUT2D eigenvalue weighted by Gasteiger charge is 2.17. The van der Waals surface area contributed by atoms with Gasteiger partial charge < -0.3 is 9.88 Å². The van der Waals surface area contributed by atoms with E-state index in [1.165, 1.54) is 18.9 Å². The van der Waals surface area contributed by atoms with Crippen molar-refractivity contribution in [1.29, 1.82) is 0 Å². The number of carbonyl (C=O) groups is 1. The largest absolute Gasteiger partial charge is 0.335 e. The molecule has 2 heterocycles. The summed E-state index contributed by atoms with van der Waals surface area (Å²) >= 11 is 0. The zero-order chi connectivity index (χ0) is 14.1. The zero-order valence-corrected chi connectivity index (χ0v) is 11.5. The molecule has 4 nitrogen and oxygen atoms in total. The first-order valence-electron chi connectivity index (χ1n) is 6.74. The van der Waals surface area contributed by atoms with Gasteiger partial charge in [-0.05, 0) is 30.9 Å².